The van der Waals surface area contributed by atoms with Crippen molar-refractivity contribution in [2.75, 3.05) is 0 Å². The maximum absolute atomic E-state index is 12.4. The van der Waals surface area contributed by atoms with Crippen molar-refractivity contribution in [3.63, 3.8) is 0 Å². The van der Waals surface area contributed by atoms with E-state index in [9.17, 15) is 9.59 Å². The van der Waals surface area contributed by atoms with Crippen molar-refractivity contribution in [3.8, 4) is 0 Å². The molecule has 1 aromatic heterocycles. The third-order valence-electron chi connectivity index (χ3n) is 3.54. The zero-order valence-corrected chi connectivity index (χ0v) is 13.2. The molecule has 116 valence electrons. The van der Waals surface area contributed by atoms with Crippen molar-refractivity contribution in [2.24, 2.45) is 7.05 Å². The van der Waals surface area contributed by atoms with Gasteiger partial charge in [-0.25, -0.2) is 0 Å². The Kier molecular flexibility index (Phi) is 4.12. The van der Waals surface area contributed by atoms with Crippen LogP contribution in [0.1, 0.15) is 16.1 Å². The fourth-order valence-corrected chi connectivity index (χ4v) is 2.47. The maximum atomic E-state index is 12.4. The number of rotatable bonds is 3. The molecule has 0 spiro atoms. The molecule has 1 N–H and O–H groups in total. The monoisotopic (exact) mass is 327 g/mol. The van der Waals surface area contributed by atoms with E-state index < -0.39 is 5.91 Å². The third kappa shape index (κ3) is 3.10. The SMILES string of the molecule is Cn1nc(C(=O)NCc2ccc(Cl)cc2)c(=O)c2ccccc21. The second-order valence-electron chi connectivity index (χ2n) is 5.13. The minimum atomic E-state index is -0.494. The van der Waals surface area contributed by atoms with Crippen molar-refractivity contribution < 1.29 is 4.79 Å². The van der Waals surface area contributed by atoms with E-state index in [1.165, 1.54) is 4.68 Å². The largest absolute Gasteiger partial charge is 0.346 e. The molecule has 0 saturated heterocycles. The van der Waals surface area contributed by atoms with Crippen molar-refractivity contribution in [1.29, 1.82) is 0 Å². The van der Waals surface area contributed by atoms with Crippen LogP contribution in [0, 0.1) is 0 Å². The van der Waals surface area contributed by atoms with Crippen LogP contribution in [0.3, 0.4) is 0 Å². The fraction of sp³-hybridized carbons (Fsp3) is 0.118. The average Bonchev–Trinajstić information content (AvgIpc) is 2.57. The van der Waals surface area contributed by atoms with E-state index in [0.29, 0.717) is 22.5 Å². The summed E-state index contributed by atoms with van der Waals surface area (Å²) in [5, 5.41) is 7.91. The Morgan fingerprint density at radius 3 is 2.61 bits per heavy atom. The van der Waals surface area contributed by atoms with Gasteiger partial charge in [0.2, 0.25) is 5.43 Å². The lowest BCUT2D eigenvalue weighted by atomic mass is 10.2. The molecule has 0 aliphatic carbocycles. The molecule has 0 bridgehead atoms. The lowest BCUT2D eigenvalue weighted by Crippen LogP contribution is -2.31. The van der Waals surface area contributed by atoms with E-state index >= 15 is 0 Å². The fourth-order valence-electron chi connectivity index (χ4n) is 2.34. The Bertz CT molecular complexity index is 933. The first-order valence-corrected chi connectivity index (χ1v) is 7.43. The molecule has 0 aliphatic heterocycles. The number of benzene rings is 2. The molecule has 0 unspecified atom stereocenters. The Hall–Kier alpha value is -2.66. The van der Waals surface area contributed by atoms with Gasteiger partial charge in [0.25, 0.3) is 5.91 Å². The number of hydrogen-bond donors (Lipinski definition) is 1. The standard InChI is InChI=1S/C17H14ClN3O2/c1-21-14-5-3-2-4-13(14)16(22)15(20-21)17(23)19-10-11-6-8-12(18)9-7-11/h2-9H,10H2,1H3,(H,19,23). The van der Waals surface area contributed by atoms with Gasteiger partial charge in [-0.3, -0.25) is 14.3 Å². The Morgan fingerprint density at radius 2 is 1.87 bits per heavy atom. The molecule has 1 amide bonds. The van der Waals surface area contributed by atoms with Gasteiger partial charge in [-0.1, -0.05) is 35.9 Å². The van der Waals surface area contributed by atoms with E-state index in [1.807, 2.05) is 18.2 Å². The number of aryl methyl sites for hydroxylation is 1. The lowest BCUT2D eigenvalue weighted by molar-refractivity contribution is 0.0943. The molecular formula is C17H14ClN3O2. The quantitative estimate of drug-likeness (QED) is 0.804. The van der Waals surface area contributed by atoms with E-state index in [4.69, 9.17) is 11.6 Å². The van der Waals surface area contributed by atoms with Gasteiger partial charge in [0, 0.05) is 24.0 Å². The second kappa shape index (κ2) is 6.22. The Balaban J connectivity index is 1.88. The Labute approximate surface area is 137 Å². The number of halogens is 1. The number of aromatic nitrogens is 2. The van der Waals surface area contributed by atoms with Crippen LogP contribution in [0.2, 0.25) is 5.02 Å². The summed E-state index contributed by atoms with van der Waals surface area (Å²) in [5.74, 6) is -0.494. The highest BCUT2D eigenvalue weighted by Crippen LogP contribution is 2.10. The highest BCUT2D eigenvalue weighted by atomic mass is 35.5. The van der Waals surface area contributed by atoms with Crippen LogP contribution in [-0.2, 0) is 13.6 Å². The molecule has 1 heterocycles. The Morgan fingerprint density at radius 1 is 1.17 bits per heavy atom. The molecular weight excluding hydrogens is 314 g/mol. The van der Waals surface area contributed by atoms with Gasteiger partial charge in [0.15, 0.2) is 5.69 Å². The number of nitrogens with one attached hydrogen (secondary N) is 1. The molecule has 0 atom stereocenters. The van der Waals surface area contributed by atoms with Crippen LogP contribution in [0.25, 0.3) is 10.9 Å². The van der Waals surface area contributed by atoms with Gasteiger partial charge in [0.1, 0.15) is 0 Å². The summed E-state index contributed by atoms with van der Waals surface area (Å²) in [6, 6.07) is 14.2. The molecule has 3 rings (SSSR count). The van der Waals surface area contributed by atoms with E-state index in [-0.39, 0.29) is 11.1 Å². The summed E-state index contributed by atoms with van der Waals surface area (Å²) in [6.45, 7) is 0.299. The normalized spacial score (nSPS) is 10.7. The summed E-state index contributed by atoms with van der Waals surface area (Å²) >= 11 is 5.82. The van der Waals surface area contributed by atoms with E-state index in [0.717, 1.165) is 5.56 Å². The molecule has 2 aromatic carbocycles. The number of amides is 1. The van der Waals surface area contributed by atoms with Gasteiger partial charge < -0.3 is 5.32 Å². The predicted octanol–water partition coefficient (Wildman–Crippen LogP) is 2.52. The van der Waals surface area contributed by atoms with Gasteiger partial charge in [-0.05, 0) is 29.8 Å². The van der Waals surface area contributed by atoms with Gasteiger partial charge in [-0.2, -0.15) is 5.10 Å². The van der Waals surface area contributed by atoms with E-state index in [1.54, 1.807) is 37.4 Å². The molecule has 23 heavy (non-hydrogen) atoms. The van der Waals surface area contributed by atoms with Crippen molar-refractivity contribution in [1.82, 2.24) is 15.1 Å². The topological polar surface area (TPSA) is 64.0 Å². The number of nitrogens with zero attached hydrogens (tertiary/aromatic N) is 2. The summed E-state index contributed by atoms with van der Waals surface area (Å²) in [5.41, 5.74) is 1.10. The number of fused-ring (bicyclic) bond motifs is 1. The minimum Gasteiger partial charge on any atom is -0.346 e. The van der Waals surface area contributed by atoms with E-state index in [2.05, 4.69) is 10.4 Å². The number of carbonyl (C=O) groups is 1. The van der Waals surface area contributed by atoms with Crippen molar-refractivity contribution >= 4 is 28.4 Å². The molecule has 5 nitrogen and oxygen atoms in total. The summed E-state index contributed by atoms with van der Waals surface area (Å²) in [4.78, 5) is 24.7. The average molecular weight is 328 g/mol. The molecule has 0 fully saturated rings. The second-order valence-corrected chi connectivity index (χ2v) is 5.56. The first kappa shape index (κ1) is 15.2. The zero-order valence-electron chi connectivity index (χ0n) is 12.4. The van der Waals surface area contributed by atoms with Crippen LogP contribution in [0.4, 0.5) is 0 Å². The first-order chi connectivity index (χ1) is 11.1. The number of hydrogen-bond acceptors (Lipinski definition) is 3. The molecule has 0 aliphatic rings. The highest BCUT2D eigenvalue weighted by molar-refractivity contribution is 6.30. The van der Waals surface area contributed by atoms with Gasteiger partial charge in [-0.15, -0.1) is 0 Å². The smallest absolute Gasteiger partial charge is 0.276 e. The van der Waals surface area contributed by atoms with Crippen LogP contribution in [0.15, 0.2) is 53.3 Å². The van der Waals surface area contributed by atoms with Crippen LogP contribution < -0.4 is 10.7 Å². The first-order valence-electron chi connectivity index (χ1n) is 7.05. The summed E-state index contributed by atoms with van der Waals surface area (Å²) in [6.07, 6.45) is 0. The number of para-hydroxylation sites is 1. The third-order valence-corrected chi connectivity index (χ3v) is 3.80. The molecule has 3 aromatic rings. The summed E-state index contributed by atoms with van der Waals surface area (Å²) < 4.78 is 1.54. The number of carbonyl (C=O) groups excluding carboxylic acids is 1. The van der Waals surface area contributed by atoms with Crippen molar-refractivity contribution in [2.45, 2.75) is 6.54 Å². The summed E-state index contributed by atoms with van der Waals surface area (Å²) in [7, 11) is 1.71. The van der Waals surface area contributed by atoms with Gasteiger partial charge >= 0.3 is 0 Å². The lowest BCUT2D eigenvalue weighted by Gasteiger charge is -2.08. The highest BCUT2D eigenvalue weighted by Gasteiger charge is 2.15. The zero-order chi connectivity index (χ0) is 16.4. The molecule has 0 saturated carbocycles. The van der Waals surface area contributed by atoms with Crippen LogP contribution >= 0.6 is 11.6 Å². The minimum absolute atomic E-state index is 0.111. The van der Waals surface area contributed by atoms with Gasteiger partial charge in [0.05, 0.1) is 5.52 Å². The van der Waals surface area contributed by atoms with Crippen LogP contribution in [0.5, 0.6) is 0 Å². The molecule has 0 radical (unpaired) electrons. The van der Waals surface area contributed by atoms with Crippen LogP contribution in [-0.4, -0.2) is 15.7 Å². The molecule has 6 heteroatoms. The van der Waals surface area contributed by atoms with Crippen molar-refractivity contribution in [3.05, 3.63) is 75.0 Å². The maximum Gasteiger partial charge on any atom is 0.276 e. The predicted molar refractivity (Wildman–Crippen MR) is 89.6 cm³/mol.